The molecule has 0 aliphatic carbocycles. The van der Waals surface area contributed by atoms with Gasteiger partial charge in [-0.1, -0.05) is 23.7 Å². The number of nitrogens with zero attached hydrogens (tertiary/aromatic N) is 2. The zero-order valence-corrected chi connectivity index (χ0v) is 16.2. The van der Waals surface area contributed by atoms with E-state index < -0.39 is 0 Å². The van der Waals surface area contributed by atoms with Crippen molar-refractivity contribution in [1.82, 2.24) is 9.97 Å². The molecule has 144 valence electrons. The number of anilines is 2. The number of aromatic nitrogens is 2. The number of hydrogen-bond acceptors (Lipinski definition) is 5. The molecule has 0 spiro atoms. The first-order chi connectivity index (χ1) is 13.6. The fourth-order valence-electron chi connectivity index (χ4n) is 2.58. The zero-order chi connectivity index (χ0) is 19.8. The highest BCUT2D eigenvalue weighted by atomic mass is 35.5. The first-order valence-corrected chi connectivity index (χ1v) is 9.37. The normalized spacial score (nSPS) is 10.4. The van der Waals surface area contributed by atoms with Crippen LogP contribution < -0.4 is 15.4 Å². The molecule has 7 heteroatoms. The summed E-state index contributed by atoms with van der Waals surface area (Å²) in [5.41, 5.74) is 2.07. The van der Waals surface area contributed by atoms with E-state index in [0.717, 1.165) is 17.7 Å². The van der Waals surface area contributed by atoms with Gasteiger partial charge in [-0.3, -0.25) is 4.79 Å². The van der Waals surface area contributed by atoms with Gasteiger partial charge in [0.25, 0.3) is 5.91 Å². The minimum absolute atomic E-state index is 0.286. The van der Waals surface area contributed by atoms with Crippen molar-refractivity contribution in [2.75, 3.05) is 23.8 Å². The summed E-state index contributed by atoms with van der Waals surface area (Å²) in [5.74, 6) is 0.861. The Labute approximate surface area is 168 Å². The third-order valence-electron chi connectivity index (χ3n) is 3.90. The molecule has 0 fully saturated rings. The van der Waals surface area contributed by atoms with Gasteiger partial charge in [0.15, 0.2) is 0 Å². The van der Waals surface area contributed by atoms with Crippen LogP contribution in [-0.4, -0.2) is 29.0 Å². The second-order valence-electron chi connectivity index (χ2n) is 5.98. The second-order valence-corrected chi connectivity index (χ2v) is 6.42. The zero-order valence-electron chi connectivity index (χ0n) is 15.5. The van der Waals surface area contributed by atoms with Gasteiger partial charge in [0.2, 0.25) is 5.95 Å². The number of amides is 1. The molecule has 0 unspecified atom stereocenters. The number of ether oxygens (including phenoxy) is 1. The lowest BCUT2D eigenvalue weighted by molar-refractivity contribution is 0.102. The number of benzene rings is 2. The van der Waals surface area contributed by atoms with E-state index >= 15 is 0 Å². The molecule has 0 saturated heterocycles. The molecule has 0 atom stereocenters. The Morgan fingerprint density at radius 1 is 1.14 bits per heavy atom. The summed E-state index contributed by atoms with van der Waals surface area (Å²) in [6.07, 6.45) is 2.33. The summed E-state index contributed by atoms with van der Waals surface area (Å²) in [7, 11) is 0. The van der Waals surface area contributed by atoms with Crippen molar-refractivity contribution in [3.8, 4) is 5.75 Å². The largest absolute Gasteiger partial charge is 0.494 e. The van der Waals surface area contributed by atoms with Crippen LogP contribution in [0, 0.1) is 0 Å². The van der Waals surface area contributed by atoms with E-state index in [9.17, 15) is 4.79 Å². The van der Waals surface area contributed by atoms with E-state index in [2.05, 4.69) is 20.6 Å². The first kappa shape index (κ1) is 19.6. The van der Waals surface area contributed by atoms with E-state index in [4.69, 9.17) is 16.3 Å². The van der Waals surface area contributed by atoms with Crippen molar-refractivity contribution in [2.45, 2.75) is 13.3 Å². The summed E-state index contributed by atoms with van der Waals surface area (Å²) in [6, 6.07) is 16.5. The molecule has 2 N–H and O–H groups in total. The van der Waals surface area contributed by atoms with E-state index in [1.807, 2.05) is 43.3 Å². The van der Waals surface area contributed by atoms with Crippen molar-refractivity contribution < 1.29 is 9.53 Å². The number of carbonyl (C=O) groups excluding carboxylic acids is 1. The minimum atomic E-state index is -0.301. The van der Waals surface area contributed by atoms with Gasteiger partial charge >= 0.3 is 0 Å². The summed E-state index contributed by atoms with van der Waals surface area (Å²) < 4.78 is 5.39. The number of carbonyl (C=O) groups is 1. The molecule has 3 aromatic rings. The second kappa shape index (κ2) is 9.71. The van der Waals surface area contributed by atoms with Crippen LogP contribution >= 0.6 is 11.6 Å². The molecule has 0 saturated carbocycles. The van der Waals surface area contributed by atoms with Gasteiger partial charge in [-0.25, -0.2) is 9.97 Å². The minimum Gasteiger partial charge on any atom is -0.494 e. The van der Waals surface area contributed by atoms with Crippen LogP contribution in [0.5, 0.6) is 5.75 Å². The molecule has 3 rings (SSSR count). The number of nitrogens with one attached hydrogen (secondary N) is 2. The fourth-order valence-corrected chi connectivity index (χ4v) is 2.79. The Kier molecular flexibility index (Phi) is 6.81. The van der Waals surface area contributed by atoms with E-state index in [1.54, 1.807) is 24.4 Å². The number of hydrogen-bond donors (Lipinski definition) is 2. The highest BCUT2D eigenvalue weighted by Crippen LogP contribution is 2.16. The molecule has 2 aromatic carbocycles. The van der Waals surface area contributed by atoms with Crippen molar-refractivity contribution in [2.24, 2.45) is 0 Å². The SMILES string of the molecule is CCOc1ccc(NC(=O)c2ccnc(NCCc3cccc(Cl)c3)n2)cc1. The molecular formula is C21H21ClN4O2. The Bertz CT molecular complexity index is 932. The molecule has 0 bridgehead atoms. The highest BCUT2D eigenvalue weighted by molar-refractivity contribution is 6.30. The molecule has 1 aromatic heterocycles. The lowest BCUT2D eigenvalue weighted by atomic mass is 10.1. The Balaban J connectivity index is 1.56. The molecule has 0 radical (unpaired) electrons. The third kappa shape index (κ3) is 5.69. The Morgan fingerprint density at radius 3 is 2.71 bits per heavy atom. The first-order valence-electron chi connectivity index (χ1n) is 8.99. The summed E-state index contributed by atoms with van der Waals surface area (Å²) in [5, 5.41) is 6.66. The average Bonchev–Trinajstić information content (AvgIpc) is 2.70. The predicted molar refractivity (Wildman–Crippen MR) is 111 cm³/mol. The maximum atomic E-state index is 12.4. The Hall–Kier alpha value is -3.12. The topological polar surface area (TPSA) is 76.1 Å². The Morgan fingerprint density at radius 2 is 1.96 bits per heavy atom. The molecule has 0 aliphatic rings. The van der Waals surface area contributed by atoms with E-state index in [0.29, 0.717) is 29.8 Å². The summed E-state index contributed by atoms with van der Waals surface area (Å²) in [6.45, 7) is 3.15. The van der Waals surface area contributed by atoms with Crippen LogP contribution in [0.1, 0.15) is 23.0 Å². The van der Waals surface area contributed by atoms with Crippen LogP contribution in [0.25, 0.3) is 0 Å². The molecule has 6 nitrogen and oxygen atoms in total. The van der Waals surface area contributed by atoms with Gasteiger partial charge in [-0.05, 0) is 61.4 Å². The number of halogens is 1. The summed E-state index contributed by atoms with van der Waals surface area (Å²) in [4.78, 5) is 20.9. The highest BCUT2D eigenvalue weighted by Gasteiger charge is 2.09. The predicted octanol–water partition coefficient (Wildman–Crippen LogP) is 4.44. The maximum absolute atomic E-state index is 12.4. The van der Waals surface area contributed by atoms with Crippen LogP contribution in [0.4, 0.5) is 11.6 Å². The fraction of sp³-hybridized carbons (Fsp3) is 0.190. The maximum Gasteiger partial charge on any atom is 0.274 e. The quantitative estimate of drug-likeness (QED) is 0.588. The van der Waals surface area contributed by atoms with Gasteiger partial charge in [0.1, 0.15) is 11.4 Å². The smallest absolute Gasteiger partial charge is 0.274 e. The van der Waals surface area contributed by atoms with E-state index in [1.165, 1.54) is 0 Å². The molecule has 28 heavy (non-hydrogen) atoms. The molecule has 0 aliphatic heterocycles. The van der Waals surface area contributed by atoms with Gasteiger partial charge in [-0.15, -0.1) is 0 Å². The lowest BCUT2D eigenvalue weighted by Gasteiger charge is -2.08. The van der Waals surface area contributed by atoms with Crippen molar-refractivity contribution in [3.63, 3.8) is 0 Å². The van der Waals surface area contributed by atoms with Gasteiger partial charge in [-0.2, -0.15) is 0 Å². The van der Waals surface area contributed by atoms with Crippen molar-refractivity contribution >= 4 is 29.1 Å². The average molecular weight is 397 g/mol. The standard InChI is InChI=1S/C21H21ClN4O2/c1-2-28-18-8-6-17(7-9-18)25-20(27)19-11-13-24-21(26-19)23-12-10-15-4-3-5-16(22)14-15/h3-9,11,13-14H,2,10,12H2,1H3,(H,25,27)(H,23,24,26). The molecule has 1 amide bonds. The van der Waals surface area contributed by atoms with Gasteiger partial charge in [0.05, 0.1) is 6.61 Å². The molecular weight excluding hydrogens is 376 g/mol. The molecule has 1 heterocycles. The van der Waals surface area contributed by atoms with Crippen molar-refractivity contribution in [1.29, 1.82) is 0 Å². The van der Waals surface area contributed by atoms with E-state index in [-0.39, 0.29) is 11.6 Å². The van der Waals surface area contributed by atoms with Crippen LogP contribution in [0.15, 0.2) is 60.8 Å². The van der Waals surface area contributed by atoms with Gasteiger partial charge in [0, 0.05) is 23.5 Å². The van der Waals surface area contributed by atoms with Crippen LogP contribution in [0.3, 0.4) is 0 Å². The summed E-state index contributed by atoms with van der Waals surface area (Å²) >= 11 is 5.99. The third-order valence-corrected chi connectivity index (χ3v) is 4.13. The monoisotopic (exact) mass is 396 g/mol. The van der Waals surface area contributed by atoms with Crippen LogP contribution in [-0.2, 0) is 6.42 Å². The van der Waals surface area contributed by atoms with Crippen molar-refractivity contribution in [3.05, 3.63) is 77.1 Å². The lowest BCUT2D eigenvalue weighted by Crippen LogP contribution is -2.16. The number of rotatable bonds is 8. The van der Waals surface area contributed by atoms with Gasteiger partial charge < -0.3 is 15.4 Å². The van der Waals surface area contributed by atoms with Crippen LogP contribution in [0.2, 0.25) is 5.02 Å².